The zero-order valence-electron chi connectivity index (χ0n) is 11.3. The molecule has 0 aromatic heterocycles. The molecule has 2 rings (SSSR count). The molecule has 0 saturated carbocycles. The number of benzene rings is 2. The van der Waals surface area contributed by atoms with E-state index in [9.17, 15) is 14.5 Å². The Balaban J connectivity index is 2.32. The maximum Gasteiger partial charge on any atom is 0.292 e. The van der Waals surface area contributed by atoms with Gasteiger partial charge in [0.25, 0.3) is 5.69 Å². The van der Waals surface area contributed by atoms with E-state index >= 15 is 0 Å². The Kier molecular flexibility index (Phi) is 4.75. The van der Waals surface area contributed by atoms with Crippen molar-refractivity contribution < 1.29 is 9.31 Å². The number of rotatable bonds is 5. The van der Waals surface area contributed by atoms with E-state index in [0.29, 0.717) is 11.4 Å². The number of nitro groups is 1. The van der Waals surface area contributed by atoms with Gasteiger partial charge in [0.2, 0.25) is 0 Å². The number of hydrogen-bond acceptors (Lipinski definition) is 3. The van der Waals surface area contributed by atoms with Crippen molar-refractivity contribution in [1.82, 2.24) is 0 Å². The number of halogens is 2. The standard InChI is InChI=1S/C15H14ClFN2O2/c1-2-13(10-3-5-11(16)6-4-10)18-14-9-12(17)7-8-15(14)19(20)21/h3-9,13,18H,2H2,1H3. The van der Waals surface area contributed by atoms with Crippen LogP contribution in [0.1, 0.15) is 24.9 Å². The maximum absolute atomic E-state index is 13.3. The van der Waals surface area contributed by atoms with Crippen molar-refractivity contribution in [2.24, 2.45) is 0 Å². The van der Waals surface area contributed by atoms with E-state index in [2.05, 4.69) is 5.32 Å². The molecule has 0 heterocycles. The Labute approximate surface area is 126 Å². The smallest absolute Gasteiger partial charge is 0.292 e. The van der Waals surface area contributed by atoms with Crippen LogP contribution < -0.4 is 5.32 Å². The van der Waals surface area contributed by atoms with Gasteiger partial charge < -0.3 is 5.32 Å². The van der Waals surface area contributed by atoms with Crippen LogP contribution in [-0.4, -0.2) is 4.92 Å². The van der Waals surface area contributed by atoms with Gasteiger partial charge in [0.15, 0.2) is 0 Å². The predicted molar refractivity (Wildman–Crippen MR) is 81.2 cm³/mol. The van der Waals surface area contributed by atoms with Crippen LogP contribution in [0.4, 0.5) is 15.8 Å². The molecule has 1 atom stereocenters. The summed E-state index contributed by atoms with van der Waals surface area (Å²) in [6.07, 6.45) is 0.690. The van der Waals surface area contributed by atoms with E-state index in [1.165, 1.54) is 0 Å². The number of nitro benzene ring substituents is 1. The van der Waals surface area contributed by atoms with Crippen LogP contribution in [0.5, 0.6) is 0 Å². The Morgan fingerprint density at radius 1 is 1.29 bits per heavy atom. The van der Waals surface area contributed by atoms with E-state index in [0.717, 1.165) is 23.8 Å². The number of hydrogen-bond donors (Lipinski definition) is 1. The van der Waals surface area contributed by atoms with Crippen molar-refractivity contribution in [2.45, 2.75) is 19.4 Å². The van der Waals surface area contributed by atoms with Crippen LogP contribution in [-0.2, 0) is 0 Å². The van der Waals surface area contributed by atoms with Crippen LogP contribution in [0.3, 0.4) is 0 Å². The Bertz CT molecular complexity index is 647. The second kappa shape index (κ2) is 6.54. The van der Waals surface area contributed by atoms with Gasteiger partial charge in [0.05, 0.1) is 11.0 Å². The minimum atomic E-state index is -0.531. The number of nitrogens with one attached hydrogen (secondary N) is 1. The minimum Gasteiger partial charge on any atom is -0.373 e. The largest absolute Gasteiger partial charge is 0.373 e. The lowest BCUT2D eigenvalue weighted by Gasteiger charge is -2.19. The zero-order chi connectivity index (χ0) is 15.4. The van der Waals surface area contributed by atoms with Crippen molar-refractivity contribution in [2.75, 3.05) is 5.32 Å². The van der Waals surface area contributed by atoms with Crippen LogP contribution in [0.2, 0.25) is 5.02 Å². The molecule has 0 fully saturated rings. The van der Waals surface area contributed by atoms with Gasteiger partial charge in [0, 0.05) is 17.2 Å². The Morgan fingerprint density at radius 2 is 1.95 bits per heavy atom. The van der Waals surface area contributed by atoms with Gasteiger partial charge in [0.1, 0.15) is 11.5 Å². The summed E-state index contributed by atoms with van der Waals surface area (Å²) in [5.74, 6) is -0.519. The highest BCUT2D eigenvalue weighted by Crippen LogP contribution is 2.30. The van der Waals surface area contributed by atoms with E-state index in [1.54, 1.807) is 12.1 Å². The summed E-state index contributed by atoms with van der Waals surface area (Å²) in [6.45, 7) is 1.94. The summed E-state index contributed by atoms with van der Waals surface area (Å²) in [7, 11) is 0. The number of anilines is 1. The maximum atomic E-state index is 13.3. The molecule has 2 aromatic carbocycles. The van der Waals surface area contributed by atoms with Crippen LogP contribution in [0, 0.1) is 15.9 Å². The Morgan fingerprint density at radius 3 is 2.52 bits per heavy atom. The first kappa shape index (κ1) is 15.3. The van der Waals surface area contributed by atoms with Gasteiger partial charge in [-0.3, -0.25) is 10.1 Å². The number of nitrogens with zero attached hydrogens (tertiary/aromatic N) is 1. The second-order valence-electron chi connectivity index (χ2n) is 4.58. The SMILES string of the molecule is CCC(Nc1cc(F)ccc1[N+](=O)[O-])c1ccc(Cl)cc1. The third-order valence-electron chi connectivity index (χ3n) is 3.17. The van der Waals surface area contributed by atoms with Crippen molar-refractivity contribution in [3.05, 3.63) is 69.0 Å². The average molecular weight is 309 g/mol. The topological polar surface area (TPSA) is 55.2 Å². The van der Waals surface area contributed by atoms with Gasteiger partial charge in [-0.2, -0.15) is 0 Å². The molecule has 0 bridgehead atoms. The molecular formula is C15H14ClFN2O2. The minimum absolute atomic E-state index is 0.149. The lowest BCUT2D eigenvalue weighted by molar-refractivity contribution is -0.384. The molecule has 110 valence electrons. The second-order valence-corrected chi connectivity index (χ2v) is 5.01. The molecule has 6 heteroatoms. The zero-order valence-corrected chi connectivity index (χ0v) is 12.1. The lowest BCUT2D eigenvalue weighted by Crippen LogP contribution is -2.11. The third-order valence-corrected chi connectivity index (χ3v) is 3.42. The van der Waals surface area contributed by atoms with Crippen LogP contribution in [0.25, 0.3) is 0 Å². The molecule has 4 nitrogen and oxygen atoms in total. The van der Waals surface area contributed by atoms with Gasteiger partial charge in [-0.25, -0.2) is 4.39 Å². The molecule has 0 saturated heterocycles. The average Bonchev–Trinajstić information content (AvgIpc) is 2.45. The monoisotopic (exact) mass is 308 g/mol. The fourth-order valence-corrected chi connectivity index (χ4v) is 2.21. The molecule has 0 radical (unpaired) electrons. The molecule has 0 spiro atoms. The van der Waals surface area contributed by atoms with Crippen LogP contribution >= 0.6 is 11.6 Å². The quantitative estimate of drug-likeness (QED) is 0.628. The predicted octanol–water partition coefficient (Wildman–Crippen LogP) is 4.95. The summed E-state index contributed by atoms with van der Waals surface area (Å²) in [4.78, 5) is 10.5. The van der Waals surface area contributed by atoms with E-state index in [-0.39, 0.29) is 17.4 Å². The molecule has 1 unspecified atom stereocenters. The summed E-state index contributed by atoms with van der Waals surface area (Å²) in [5, 5.41) is 14.7. The van der Waals surface area contributed by atoms with Crippen molar-refractivity contribution in [3.8, 4) is 0 Å². The lowest BCUT2D eigenvalue weighted by atomic mass is 10.0. The van der Waals surface area contributed by atoms with E-state index in [1.807, 2.05) is 19.1 Å². The van der Waals surface area contributed by atoms with Gasteiger partial charge in [-0.1, -0.05) is 30.7 Å². The van der Waals surface area contributed by atoms with E-state index in [4.69, 9.17) is 11.6 Å². The molecule has 21 heavy (non-hydrogen) atoms. The summed E-state index contributed by atoms with van der Waals surface area (Å²) in [5.41, 5.74) is 0.950. The molecule has 0 aliphatic carbocycles. The molecule has 0 amide bonds. The van der Waals surface area contributed by atoms with Gasteiger partial charge in [-0.15, -0.1) is 0 Å². The molecule has 0 aliphatic rings. The molecule has 1 N–H and O–H groups in total. The summed E-state index contributed by atoms with van der Waals surface area (Å²) in [6, 6.07) is 10.4. The normalized spacial score (nSPS) is 12.0. The summed E-state index contributed by atoms with van der Waals surface area (Å²) < 4.78 is 13.3. The third kappa shape index (κ3) is 3.70. The molecule has 0 aliphatic heterocycles. The first-order chi connectivity index (χ1) is 10.0. The van der Waals surface area contributed by atoms with Crippen molar-refractivity contribution in [3.63, 3.8) is 0 Å². The van der Waals surface area contributed by atoms with E-state index < -0.39 is 10.7 Å². The van der Waals surface area contributed by atoms with Gasteiger partial charge >= 0.3 is 0 Å². The fraction of sp³-hybridized carbons (Fsp3) is 0.200. The fourth-order valence-electron chi connectivity index (χ4n) is 2.09. The van der Waals surface area contributed by atoms with Crippen molar-refractivity contribution in [1.29, 1.82) is 0 Å². The Hall–Kier alpha value is -2.14. The molecule has 2 aromatic rings. The first-order valence-corrected chi connectivity index (χ1v) is 6.85. The highest BCUT2D eigenvalue weighted by molar-refractivity contribution is 6.30. The highest BCUT2D eigenvalue weighted by Gasteiger charge is 2.18. The van der Waals surface area contributed by atoms with Crippen molar-refractivity contribution >= 4 is 23.0 Å². The summed E-state index contributed by atoms with van der Waals surface area (Å²) >= 11 is 5.85. The van der Waals surface area contributed by atoms with Crippen LogP contribution in [0.15, 0.2) is 42.5 Å². The van der Waals surface area contributed by atoms with Gasteiger partial charge in [-0.05, 0) is 30.2 Å². The highest BCUT2D eigenvalue weighted by atomic mass is 35.5. The molecular weight excluding hydrogens is 295 g/mol. The first-order valence-electron chi connectivity index (χ1n) is 6.47.